The first kappa shape index (κ1) is 13.7. The summed E-state index contributed by atoms with van der Waals surface area (Å²) >= 11 is 3.75. The number of esters is 1. The molecule has 1 aliphatic rings. The van der Waals surface area contributed by atoms with E-state index in [0.717, 1.165) is 23.7 Å². The molecule has 2 nitrogen and oxygen atoms in total. The third kappa shape index (κ3) is 5.12. The number of carbonyl (C=O) groups is 1. The topological polar surface area (TPSA) is 26.3 Å². The van der Waals surface area contributed by atoms with Crippen molar-refractivity contribution in [3.8, 4) is 0 Å². The summed E-state index contributed by atoms with van der Waals surface area (Å²) in [6.45, 7) is 9.74. The molecule has 1 atom stereocenters. The molecule has 0 N–H and O–H groups in total. The van der Waals surface area contributed by atoms with Gasteiger partial charge in [-0.2, -0.15) is 23.5 Å². The average Bonchev–Trinajstić information content (AvgIpc) is 2.22. The number of hydrogen-bond acceptors (Lipinski definition) is 4. The zero-order valence-electron chi connectivity index (χ0n) is 9.66. The van der Waals surface area contributed by atoms with Crippen LogP contribution in [-0.2, 0) is 9.53 Å². The maximum atomic E-state index is 11.2. The summed E-state index contributed by atoms with van der Waals surface area (Å²) in [5, 5.41) is 0.396. The molecule has 1 rings (SSSR count). The lowest BCUT2D eigenvalue weighted by Crippen LogP contribution is -2.19. The summed E-state index contributed by atoms with van der Waals surface area (Å²) in [4.78, 5) is 11.2. The third-order valence-corrected chi connectivity index (χ3v) is 4.72. The minimum absolute atomic E-state index is 0.283. The number of ether oxygens (including phenoxy) is 1. The molecule has 0 saturated carbocycles. The van der Waals surface area contributed by atoms with Crippen molar-refractivity contribution >= 4 is 29.5 Å². The lowest BCUT2D eigenvalue weighted by Gasteiger charge is -2.20. The highest BCUT2D eigenvalue weighted by molar-refractivity contribution is 8.01. The second-order valence-electron chi connectivity index (χ2n) is 3.90. The van der Waals surface area contributed by atoms with Crippen LogP contribution < -0.4 is 0 Å². The second-order valence-corrected chi connectivity index (χ2v) is 6.30. The summed E-state index contributed by atoms with van der Waals surface area (Å²) in [6, 6.07) is 0. The Morgan fingerprint density at radius 1 is 1.56 bits per heavy atom. The van der Waals surface area contributed by atoms with Crippen molar-refractivity contribution in [2.75, 3.05) is 23.9 Å². The number of carbonyl (C=O) groups excluding carboxylic acids is 1. The van der Waals surface area contributed by atoms with Crippen LogP contribution in [0.3, 0.4) is 0 Å². The summed E-state index contributed by atoms with van der Waals surface area (Å²) in [5.74, 6) is 2.86. The first-order chi connectivity index (χ1) is 7.59. The highest BCUT2D eigenvalue weighted by Gasteiger charge is 2.15. The molecule has 0 bridgehead atoms. The van der Waals surface area contributed by atoms with Crippen LogP contribution in [-0.4, -0.2) is 35.1 Å². The van der Waals surface area contributed by atoms with E-state index in [4.69, 9.17) is 4.74 Å². The largest absolute Gasteiger partial charge is 0.461 e. The fourth-order valence-electron chi connectivity index (χ4n) is 1.22. The van der Waals surface area contributed by atoms with Gasteiger partial charge in [0.25, 0.3) is 0 Å². The van der Waals surface area contributed by atoms with Crippen molar-refractivity contribution < 1.29 is 9.53 Å². The average molecular weight is 258 g/mol. The van der Waals surface area contributed by atoms with Crippen molar-refractivity contribution in [1.29, 1.82) is 0 Å². The van der Waals surface area contributed by atoms with Crippen LogP contribution in [0.5, 0.6) is 0 Å². The monoisotopic (exact) mass is 258 g/mol. The van der Waals surface area contributed by atoms with Crippen molar-refractivity contribution in [3.63, 3.8) is 0 Å². The van der Waals surface area contributed by atoms with Gasteiger partial charge in [0.15, 0.2) is 0 Å². The molecule has 0 aliphatic carbocycles. The van der Waals surface area contributed by atoms with E-state index in [2.05, 4.69) is 13.2 Å². The molecule has 0 spiro atoms. The number of hydrogen-bond donors (Lipinski definition) is 0. The highest BCUT2D eigenvalue weighted by Crippen LogP contribution is 2.25. The molecule has 1 saturated heterocycles. The van der Waals surface area contributed by atoms with Crippen LogP contribution in [0, 0.1) is 0 Å². The summed E-state index contributed by atoms with van der Waals surface area (Å²) in [5.41, 5.74) is 1.74. The van der Waals surface area contributed by atoms with Gasteiger partial charge < -0.3 is 4.74 Å². The van der Waals surface area contributed by atoms with Crippen molar-refractivity contribution in [2.45, 2.75) is 18.6 Å². The van der Waals surface area contributed by atoms with E-state index in [1.165, 1.54) is 5.57 Å². The molecule has 90 valence electrons. The normalized spacial score (nSPS) is 22.1. The predicted octanol–water partition coefficient (Wildman–Crippen LogP) is 2.90. The van der Waals surface area contributed by atoms with Gasteiger partial charge in [-0.25, -0.2) is 4.79 Å². The maximum absolute atomic E-state index is 11.2. The van der Waals surface area contributed by atoms with E-state index in [-0.39, 0.29) is 5.97 Å². The quantitative estimate of drug-likeness (QED) is 0.442. The van der Waals surface area contributed by atoms with Gasteiger partial charge in [-0.05, 0) is 19.1 Å². The smallest absolute Gasteiger partial charge is 0.333 e. The second kappa shape index (κ2) is 7.07. The van der Waals surface area contributed by atoms with Crippen molar-refractivity contribution in [3.05, 3.63) is 24.3 Å². The Morgan fingerprint density at radius 3 is 3.00 bits per heavy atom. The molecule has 4 heteroatoms. The van der Waals surface area contributed by atoms with E-state index in [1.807, 2.05) is 23.5 Å². The third-order valence-electron chi connectivity index (χ3n) is 2.16. The number of thioether (sulfide) groups is 2. The highest BCUT2D eigenvalue weighted by atomic mass is 32.2. The summed E-state index contributed by atoms with van der Waals surface area (Å²) in [7, 11) is 0. The Hall–Kier alpha value is -0.350. The molecule has 0 amide bonds. The Labute approximate surface area is 106 Å². The van der Waals surface area contributed by atoms with Crippen LogP contribution in [0.1, 0.15) is 13.3 Å². The Morgan fingerprint density at radius 2 is 2.31 bits per heavy atom. The minimum atomic E-state index is -0.283. The molecule has 0 aromatic heterocycles. The van der Waals surface area contributed by atoms with Crippen LogP contribution in [0.2, 0.25) is 0 Å². The SMILES string of the molecule is C=C1CSCCC(COC(=O)C(=C)C)SC1. The van der Waals surface area contributed by atoms with Crippen LogP contribution in [0.4, 0.5) is 0 Å². The Bertz CT molecular complexity index is 287. The minimum Gasteiger partial charge on any atom is -0.461 e. The first-order valence-electron chi connectivity index (χ1n) is 5.28. The first-order valence-corrected chi connectivity index (χ1v) is 7.48. The van der Waals surface area contributed by atoms with E-state index in [9.17, 15) is 4.79 Å². The van der Waals surface area contributed by atoms with Gasteiger partial charge in [0, 0.05) is 22.3 Å². The van der Waals surface area contributed by atoms with Gasteiger partial charge in [0.05, 0.1) is 0 Å². The molecule has 1 unspecified atom stereocenters. The number of rotatable bonds is 3. The van der Waals surface area contributed by atoms with E-state index < -0.39 is 0 Å². The maximum Gasteiger partial charge on any atom is 0.333 e. The van der Waals surface area contributed by atoms with Crippen molar-refractivity contribution in [1.82, 2.24) is 0 Å². The van der Waals surface area contributed by atoms with Gasteiger partial charge in [0.2, 0.25) is 0 Å². The van der Waals surface area contributed by atoms with Gasteiger partial charge >= 0.3 is 5.97 Å². The van der Waals surface area contributed by atoms with Crippen LogP contribution >= 0.6 is 23.5 Å². The molecule has 0 radical (unpaired) electrons. The molecule has 1 heterocycles. The summed E-state index contributed by atoms with van der Waals surface area (Å²) in [6.07, 6.45) is 1.09. The Kier molecular flexibility index (Phi) is 6.06. The molecule has 0 aromatic carbocycles. The van der Waals surface area contributed by atoms with Crippen LogP contribution in [0.15, 0.2) is 24.3 Å². The summed E-state index contributed by atoms with van der Waals surface area (Å²) < 4.78 is 5.18. The van der Waals surface area contributed by atoms with Crippen LogP contribution in [0.25, 0.3) is 0 Å². The standard InChI is InChI=1S/C12H18O2S2/c1-9(2)12(13)14-6-11-4-5-15-7-10(3)8-16-11/h11H,1,3-8H2,2H3. The zero-order valence-corrected chi connectivity index (χ0v) is 11.3. The van der Waals surface area contributed by atoms with E-state index >= 15 is 0 Å². The predicted molar refractivity (Wildman–Crippen MR) is 73.1 cm³/mol. The molecule has 16 heavy (non-hydrogen) atoms. The van der Waals surface area contributed by atoms with E-state index in [1.54, 1.807) is 6.92 Å². The van der Waals surface area contributed by atoms with Crippen molar-refractivity contribution in [2.24, 2.45) is 0 Å². The Balaban J connectivity index is 2.32. The van der Waals surface area contributed by atoms with Gasteiger partial charge in [-0.1, -0.05) is 18.7 Å². The zero-order chi connectivity index (χ0) is 12.0. The van der Waals surface area contributed by atoms with Gasteiger partial charge in [-0.3, -0.25) is 0 Å². The molecular weight excluding hydrogens is 240 g/mol. The molecule has 1 fully saturated rings. The molecular formula is C12H18O2S2. The molecule has 0 aromatic rings. The fraction of sp³-hybridized carbons (Fsp3) is 0.583. The fourth-order valence-corrected chi connectivity index (χ4v) is 3.50. The lowest BCUT2D eigenvalue weighted by atomic mass is 10.3. The van der Waals surface area contributed by atoms with Gasteiger partial charge in [0.1, 0.15) is 6.61 Å². The van der Waals surface area contributed by atoms with E-state index in [0.29, 0.717) is 17.4 Å². The van der Waals surface area contributed by atoms with Gasteiger partial charge in [-0.15, -0.1) is 0 Å². The molecule has 1 aliphatic heterocycles. The lowest BCUT2D eigenvalue weighted by molar-refractivity contribution is -0.138.